The van der Waals surface area contributed by atoms with Crippen LogP contribution in [0, 0.1) is 6.92 Å². The van der Waals surface area contributed by atoms with Gasteiger partial charge in [0.2, 0.25) is 17.7 Å². The molecule has 0 unspecified atom stereocenters. The monoisotopic (exact) mass is 797 g/mol. The van der Waals surface area contributed by atoms with E-state index >= 15 is 0 Å². The Bertz CT molecular complexity index is 2880. The van der Waals surface area contributed by atoms with Crippen LogP contribution in [0.4, 0.5) is 17.1 Å². The zero-order valence-electron chi connectivity index (χ0n) is 32.9. The number of para-hydroxylation sites is 3. The van der Waals surface area contributed by atoms with E-state index in [0.29, 0.717) is 25.7 Å². The van der Waals surface area contributed by atoms with Crippen molar-refractivity contribution in [3.63, 3.8) is 0 Å². The first-order chi connectivity index (χ1) is 29.3. The summed E-state index contributed by atoms with van der Waals surface area (Å²) < 4.78 is 0. The van der Waals surface area contributed by atoms with E-state index in [2.05, 4.69) is 47.2 Å². The second-order valence-corrected chi connectivity index (χ2v) is 15.1. The molecular weight excluding hydrogens is 755 g/mol. The van der Waals surface area contributed by atoms with Crippen molar-refractivity contribution < 1.29 is 19.5 Å². The molecule has 3 aromatic carbocycles. The van der Waals surface area contributed by atoms with E-state index in [9.17, 15) is 14.4 Å². The van der Waals surface area contributed by atoms with Crippen LogP contribution in [0.3, 0.4) is 0 Å². The molecule has 0 bridgehead atoms. The first kappa shape index (κ1) is 38.0. The van der Waals surface area contributed by atoms with E-state index in [0.717, 1.165) is 108 Å². The molecule has 0 atom stereocenters. The summed E-state index contributed by atoms with van der Waals surface area (Å²) in [6.07, 6.45) is 8.96. The molecule has 0 saturated heterocycles. The molecule has 3 amide bonds. The molecule has 13 heteroatoms. The van der Waals surface area contributed by atoms with Gasteiger partial charge in [-0.1, -0.05) is 54.6 Å². The number of aliphatic hydroxyl groups excluding tert-OH is 1. The topological polar surface area (TPSA) is 196 Å². The van der Waals surface area contributed by atoms with Crippen molar-refractivity contribution in [1.82, 2.24) is 30.1 Å². The molecule has 0 radical (unpaired) electrons. The zero-order chi connectivity index (χ0) is 41.2. The van der Waals surface area contributed by atoms with Gasteiger partial charge >= 0.3 is 0 Å². The number of hydrogen-bond donors (Lipinski definition) is 8. The van der Waals surface area contributed by atoms with Gasteiger partial charge in [-0.2, -0.15) is 5.10 Å². The number of aromatic amines is 4. The van der Waals surface area contributed by atoms with Gasteiger partial charge in [-0.05, 0) is 78.4 Å². The molecule has 8 N–H and O–H groups in total. The average Bonchev–Trinajstić information content (AvgIpc) is 4.03. The number of aryl methyl sites for hydroxylation is 1. The fraction of sp³-hybridized carbons (Fsp3) is 0.170. The first-order valence-electron chi connectivity index (χ1n) is 20.0. The minimum absolute atomic E-state index is 0.00241. The Balaban J connectivity index is 0.000000119. The Morgan fingerprint density at radius 3 is 2.18 bits per heavy atom. The summed E-state index contributed by atoms with van der Waals surface area (Å²) >= 11 is 0. The van der Waals surface area contributed by atoms with E-state index in [1.807, 2.05) is 104 Å². The van der Waals surface area contributed by atoms with E-state index < -0.39 is 0 Å². The van der Waals surface area contributed by atoms with Crippen LogP contribution in [0.1, 0.15) is 45.6 Å². The van der Waals surface area contributed by atoms with Crippen LogP contribution in [0.5, 0.6) is 0 Å². The molecule has 3 aliphatic rings. The number of carbonyl (C=O) groups excluding carboxylic acids is 3. The van der Waals surface area contributed by atoms with Crippen molar-refractivity contribution in [1.29, 1.82) is 0 Å². The lowest BCUT2D eigenvalue weighted by Gasteiger charge is -2.09. The molecule has 11 rings (SSSR count). The number of rotatable bonds is 5. The third-order valence-corrected chi connectivity index (χ3v) is 11.0. The van der Waals surface area contributed by atoms with E-state index in [1.54, 1.807) is 6.20 Å². The van der Waals surface area contributed by atoms with Crippen LogP contribution in [0.25, 0.3) is 44.8 Å². The number of anilines is 3. The number of hydrogen-bond acceptors (Lipinski definition) is 6. The molecule has 60 heavy (non-hydrogen) atoms. The van der Waals surface area contributed by atoms with Gasteiger partial charge in [-0.3, -0.25) is 19.5 Å². The molecule has 0 saturated carbocycles. The Kier molecular flexibility index (Phi) is 10.4. The van der Waals surface area contributed by atoms with Crippen molar-refractivity contribution >= 4 is 45.7 Å². The number of fused-ring (bicyclic) bond motifs is 10. The number of benzene rings is 3. The Labute approximate surface area is 345 Å². The van der Waals surface area contributed by atoms with Crippen molar-refractivity contribution in [2.24, 2.45) is 0 Å². The van der Waals surface area contributed by atoms with Gasteiger partial charge in [0.25, 0.3) is 0 Å². The highest BCUT2D eigenvalue weighted by Gasteiger charge is 2.26. The van der Waals surface area contributed by atoms with Gasteiger partial charge in [0.05, 0.1) is 70.8 Å². The molecule has 0 aliphatic carbocycles. The van der Waals surface area contributed by atoms with Gasteiger partial charge in [0.15, 0.2) is 0 Å². The third kappa shape index (κ3) is 7.73. The molecule has 13 nitrogen and oxygen atoms in total. The molecule has 8 aromatic rings. The second kappa shape index (κ2) is 16.4. The number of H-pyrrole nitrogens is 4. The normalized spacial score (nSPS) is 13.4. The number of carbonyl (C=O) groups is 3. The maximum atomic E-state index is 12.3. The average molecular weight is 798 g/mol. The third-order valence-electron chi connectivity index (χ3n) is 11.0. The molecule has 300 valence electrons. The van der Waals surface area contributed by atoms with Crippen molar-refractivity contribution in [2.45, 2.75) is 45.4 Å². The Morgan fingerprint density at radius 1 is 0.700 bits per heavy atom. The van der Waals surface area contributed by atoms with Gasteiger partial charge < -0.3 is 36.0 Å². The number of aromatic nitrogens is 6. The molecule has 3 aliphatic heterocycles. The maximum Gasteiger partial charge on any atom is 0.228 e. The quantitative estimate of drug-likeness (QED) is 0.0882. The predicted molar refractivity (Wildman–Crippen MR) is 233 cm³/mol. The van der Waals surface area contributed by atoms with Crippen LogP contribution in [-0.4, -0.2) is 59.6 Å². The van der Waals surface area contributed by atoms with Crippen LogP contribution in [0.15, 0.2) is 110 Å². The van der Waals surface area contributed by atoms with Gasteiger partial charge in [-0.15, -0.1) is 0 Å². The fourth-order valence-corrected chi connectivity index (χ4v) is 8.12. The highest BCUT2D eigenvalue weighted by Crippen LogP contribution is 2.38. The minimum atomic E-state index is 0.00241. The highest BCUT2D eigenvalue weighted by molar-refractivity contribution is 6.02. The number of nitrogens with zero attached hydrogens (tertiary/aromatic N) is 2. The van der Waals surface area contributed by atoms with E-state index in [-0.39, 0.29) is 24.3 Å². The van der Waals surface area contributed by atoms with Gasteiger partial charge in [0, 0.05) is 58.9 Å². The second-order valence-electron chi connectivity index (χ2n) is 15.1. The first-order valence-corrected chi connectivity index (χ1v) is 20.0. The molecule has 0 spiro atoms. The van der Waals surface area contributed by atoms with Crippen LogP contribution in [0.2, 0.25) is 0 Å². The SMILES string of the molecule is Cc1c(CCCO)[nH]c2c1CC(=O)Nc1cc(Cc3cc[nH]c3)[nH]c1-2.O=C1Cc2cc3ccccc3nc2-c2ccccc2N1.O=C1Cc2cn[nH]c2-c2ccccc2N1. The summed E-state index contributed by atoms with van der Waals surface area (Å²) in [7, 11) is 0. The summed E-state index contributed by atoms with van der Waals surface area (Å²) in [4.78, 5) is 50.7. The lowest BCUT2D eigenvalue weighted by Crippen LogP contribution is -2.12. The van der Waals surface area contributed by atoms with Crippen LogP contribution < -0.4 is 16.0 Å². The number of nitrogens with one attached hydrogen (secondary N) is 7. The smallest absolute Gasteiger partial charge is 0.228 e. The zero-order valence-corrected chi connectivity index (χ0v) is 32.9. The minimum Gasteiger partial charge on any atom is -0.396 e. The Morgan fingerprint density at radius 2 is 1.40 bits per heavy atom. The van der Waals surface area contributed by atoms with Gasteiger partial charge in [0.1, 0.15) is 0 Å². The lowest BCUT2D eigenvalue weighted by atomic mass is 10.0. The standard InChI is InChI=1S/C19H22N4O2.C17H12N2O.C11H9N3O/c1-11-14-9-17(25)22-16-8-13(7-12-4-5-20-10-12)21-19(16)18(14)23-15(11)3-2-6-24;20-16-10-12-9-11-5-1-3-7-14(11)19-17(12)13-6-2-4-8-15(13)18-16;15-10-5-7-6-12-14-11(7)8-3-1-2-4-9(8)13-10/h4-5,8,10,20-21,23-24H,2-3,6-7,9H2,1H3,(H,22,25);1-9H,10H2,(H,18,20);1-4,6H,5H2,(H,12,14)(H,13,15). The summed E-state index contributed by atoms with van der Waals surface area (Å²) in [5.41, 5.74) is 16.6. The number of aliphatic hydroxyl groups is 1. The lowest BCUT2D eigenvalue weighted by molar-refractivity contribution is -0.116. The molecule has 0 fully saturated rings. The summed E-state index contributed by atoms with van der Waals surface area (Å²) in [5, 5.41) is 25.9. The van der Waals surface area contributed by atoms with Gasteiger partial charge in [-0.25, -0.2) is 4.98 Å². The number of pyridine rings is 1. The summed E-state index contributed by atoms with van der Waals surface area (Å²) in [6, 6.07) is 29.6. The largest absolute Gasteiger partial charge is 0.396 e. The summed E-state index contributed by atoms with van der Waals surface area (Å²) in [6.45, 7) is 2.21. The van der Waals surface area contributed by atoms with Crippen LogP contribution >= 0.6 is 0 Å². The van der Waals surface area contributed by atoms with Crippen molar-refractivity contribution in [3.05, 3.63) is 149 Å². The molecule has 5 aromatic heterocycles. The Hall–Kier alpha value is -7.51. The summed E-state index contributed by atoms with van der Waals surface area (Å²) in [5.74, 6) is 0.0129. The van der Waals surface area contributed by atoms with E-state index in [4.69, 9.17) is 10.1 Å². The molecular formula is C47H43N9O4. The highest BCUT2D eigenvalue weighted by atomic mass is 16.3. The van der Waals surface area contributed by atoms with Crippen molar-refractivity contribution in [2.75, 3.05) is 22.6 Å². The number of amides is 3. The fourth-order valence-electron chi connectivity index (χ4n) is 8.12. The van der Waals surface area contributed by atoms with Crippen LogP contribution in [-0.2, 0) is 46.5 Å². The van der Waals surface area contributed by atoms with E-state index in [1.165, 1.54) is 5.56 Å². The molecule has 8 heterocycles. The van der Waals surface area contributed by atoms with Crippen molar-refractivity contribution in [3.8, 4) is 33.9 Å². The predicted octanol–water partition coefficient (Wildman–Crippen LogP) is 7.62. The maximum absolute atomic E-state index is 12.3.